The average Bonchev–Trinajstić information content (AvgIpc) is 2.90. The van der Waals surface area contributed by atoms with E-state index < -0.39 is 10.5 Å². The summed E-state index contributed by atoms with van der Waals surface area (Å²) >= 11 is 0. The van der Waals surface area contributed by atoms with Gasteiger partial charge in [0.25, 0.3) is 5.69 Å². The molecule has 0 radical (unpaired) electrons. The van der Waals surface area contributed by atoms with Crippen LogP contribution in [0.5, 0.6) is 0 Å². The van der Waals surface area contributed by atoms with E-state index in [1.54, 1.807) is 12.1 Å². The molecule has 0 saturated heterocycles. The van der Waals surface area contributed by atoms with Crippen LogP contribution < -0.4 is 5.32 Å². The van der Waals surface area contributed by atoms with Crippen molar-refractivity contribution in [3.05, 3.63) is 75.3 Å². The number of nitro groups is 1. The second kappa shape index (κ2) is 6.41. The third-order valence-corrected chi connectivity index (χ3v) is 4.28. The Morgan fingerprint density at radius 3 is 2.25 bits per heavy atom. The zero-order valence-corrected chi connectivity index (χ0v) is 13.1. The van der Waals surface area contributed by atoms with Gasteiger partial charge in [-0.25, -0.2) is 0 Å². The van der Waals surface area contributed by atoms with E-state index in [9.17, 15) is 20.0 Å². The van der Waals surface area contributed by atoms with Crippen LogP contribution in [0.25, 0.3) is 0 Å². The largest absolute Gasteiger partial charge is 0.387 e. The SMILES string of the molecule is O=C(Cc1ccc([N+](=O)[O-])cc1)NCC1(O)Cc2ccccc2C1. The first-order chi connectivity index (χ1) is 11.5. The Bertz CT molecular complexity index is 746. The molecule has 0 aliphatic heterocycles. The van der Waals surface area contributed by atoms with Crippen LogP contribution >= 0.6 is 0 Å². The maximum absolute atomic E-state index is 12.0. The number of carbonyl (C=O) groups excluding carboxylic acids is 1. The summed E-state index contributed by atoms with van der Waals surface area (Å²) in [4.78, 5) is 22.2. The molecule has 2 aromatic carbocycles. The molecule has 0 aromatic heterocycles. The van der Waals surface area contributed by atoms with E-state index in [1.165, 1.54) is 12.1 Å². The maximum atomic E-state index is 12.0. The summed E-state index contributed by atoms with van der Waals surface area (Å²) in [5, 5.41) is 24.0. The Morgan fingerprint density at radius 2 is 1.71 bits per heavy atom. The molecule has 0 unspecified atom stereocenters. The molecular formula is C18H18N2O4. The van der Waals surface area contributed by atoms with E-state index in [1.807, 2.05) is 24.3 Å². The quantitative estimate of drug-likeness (QED) is 0.647. The Hall–Kier alpha value is -2.73. The van der Waals surface area contributed by atoms with Crippen molar-refractivity contribution in [1.29, 1.82) is 0 Å². The van der Waals surface area contributed by atoms with Gasteiger partial charge < -0.3 is 10.4 Å². The molecule has 3 rings (SSSR count). The summed E-state index contributed by atoms with van der Waals surface area (Å²) in [5.74, 6) is -0.215. The molecule has 24 heavy (non-hydrogen) atoms. The molecule has 0 saturated carbocycles. The van der Waals surface area contributed by atoms with Gasteiger partial charge in [-0.1, -0.05) is 36.4 Å². The number of aliphatic hydroxyl groups is 1. The van der Waals surface area contributed by atoms with Crippen LogP contribution in [-0.2, 0) is 24.1 Å². The molecule has 2 aromatic rings. The number of non-ortho nitro benzene ring substituents is 1. The van der Waals surface area contributed by atoms with E-state index in [4.69, 9.17) is 0 Å². The lowest BCUT2D eigenvalue weighted by Crippen LogP contribution is -2.44. The number of hydrogen-bond donors (Lipinski definition) is 2. The van der Waals surface area contributed by atoms with Crippen molar-refractivity contribution < 1.29 is 14.8 Å². The summed E-state index contributed by atoms with van der Waals surface area (Å²) in [6, 6.07) is 13.8. The van der Waals surface area contributed by atoms with Crippen molar-refractivity contribution in [2.24, 2.45) is 0 Å². The molecule has 0 heterocycles. The molecule has 6 heteroatoms. The second-order valence-corrected chi connectivity index (χ2v) is 6.22. The fourth-order valence-corrected chi connectivity index (χ4v) is 3.05. The van der Waals surface area contributed by atoms with Gasteiger partial charge in [0.2, 0.25) is 5.91 Å². The van der Waals surface area contributed by atoms with Gasteiger partial charge in [-0.3, -0.25) is 14.9 Å². The van der Waals surface area contributed by atoms with Gasteiger partial charge >= 0.3 is 0 Å². The molecule has 6 nitrogen and oxygen atoms in total. The van der Waals surface area contributed by atoms with Crippen LogP contribution in [0, 0.1) is 10.1 Å². The predicted octanol–water partition coefficient (Wildman–Crippen LogP) is 1.78. The summed E-state index contributed by atoms with van der Waals surface area (Å²) in [6.07, 6.45) is 1.18. The Kier molecular flexibility index (Phi) is 4.31. The molecule has 0 bridgehead atoms. The Morgan fingerprint density at radius 1 is 1.12 bits per heavy atom. The standard InChI is InChI=1S/C18H18N2O4/c21-17(9-13-5-7-16(8-6-13)20(23)24)19-12-18(22)10-14-3-1-2-4-15(14)11-18/h1-8,22H,9-12H2,(H,19,21). The van der Waals surface area contributed by atoms with Gasteiger partial charge in [-0.05, 0) is 16.7 Å². The number of nitrogens with zero attached hydrogens (tertiary/aromatic N) is 1. The zero-order valence-electron chi connectivity index (χ0n) is 13.1. The van der Waals surface area contributed by atoms with Crippen molar-refractivity contribution in [2.75, 3.05) is 6.54 Å². The summed E-state index contributed by atoms with van der Waals surface area (Å²) in [6.45, 7) is 0.188. The summed E-state index contributed by atoms with van der Waals surface area (Å²) in [5.41, 5.74) is 1.97. The van der Waals surface area contributed by atoms with Gasteiger partial charge in [0.1, 0.15) is 0 Å². The van der Waals surface area contributed by atoms with Gasteiger partial charge in [0.05, 0.1) is 16.9 Å². The van der Waals surface area contributed by atoms with Crippen LogP contribution in [-0.4, -0.2) is 28.1 Å². The number of amides is 1. The van der Waals surface area contributed by atoms with Gasteiger partial charge in [-0.2, -0.15) is 0 Å². The summed E-state index contributed by atoms with van der Waals surface area (Å²) in [7, 11) is 0. The minimum absolute atomic E-state index is 0.00260. The smallest absolute Gasteiger partial charge is 0.269 e. The normalized spacial score (nSPS) is 14.9. The van der Waals surface area contributed by atoms with Crippen LogP contribution in [0.1, 0.15) is 16.7 Å². The van der Waals surface area contributed by atoms with E-state index in [2.05, 4.69) is 5.32 Å². The van der Waals surface area contributed by atoms with Gasteiger partial charge in [0, 0.05) is 31.5 Å². The number of fused-ring (bicyclic) bond motifs is 1. The lowest BCUT2D eigenvalue weighted by molar-refractivity contribution is -0.384. The second-order valence-electron chi connectivity index (χ2n) is 6.22. The fourth-order valence-electron chi connectivity index (χ4n) is 3.05. The van der Waals surface area contributed by atoms with Crippen molar-refractivity contribution in [2.45, 2.75) is 24.9 Å². The number of benzene rings is 2. The highest BCUT2D eigenvalue weighted by Gasteiger charge is 2.35. The third-order valence-electron chi connectivity index (χ3n) is 4.28. The third kappa shape index (κ3) is 3.60. The summed E-state index contributed by atoms with van der Waals surface area (Å²) < 4.78 is 0. The first kappa shape index (κ1) is 16.1. The highest BCUT2D eigenvalue weighted by Crippen LogP contribution is 2.29. The van der Waals surface area contributed by atoms with E-state index in [0.717, 1.165) is 11.1 Å². The van der Waals surface area contributed by atoms with E-state index >= 15 is 0 Å². The maximum Gasteiger partial charge on any atom is 0.269 e. The van der Waals surface area contributed by atoms with Crippen LogP contribution in [0.2, 0.25) is 0 Å². The number of rotatable bonds is 5. The van der Waals surface area contributed by atoms with E-state index in [0.29, 0.717) is 18.4 Å². The number of nitro benzene ring substituents is 1. The minimum Gasteiger partial charge on any atom is -0.387 e. The van der Waals surface area contributed by atoms with Crippen LogP contribution in [0.15, 0.2) is 48.5 Å². The monoisotopic (exact) mass is 326 g/mol. The fraction of sp³-hybridized carbons (Fsp3) is 0.278. The highest BCUT2D eigenvalue weighted by molar-refractivity contribution is 5.78. The molecule has 0 atom stereocenters. The van der Waals surface area contributed by atoms with Crippen molar-refractivity contribution >= 4 is 11.6 Å². The molecule has 1 aliphatic carbocycles. The molecule has 2 N–H and O–H groups in total. The zero-order chi connectivity index (χ0) is 17.2. The molecule has 0 spiro atoms. The lowest BCUT2D eigenvalue weighted by atomic mass is 10.0. The Balaban J connectivity index is 1.54. The van der Waals surface area contributed by atoms with Crippen LogP contribution in [0.4, 0.5) is 5.69 Å². The topological polar surface area (TPSA) is 92.5 Å². The van der Waals surface area contributed by atoms with E-state index in [-0.39, 0.29) is 24.6 Å². The molecular weight excluding hydrogens is 308 g/mol. The number of carbonyl (C=O) groups is 1. The van der Waals surface area contributed by atoms with Gasteiger partial charge in [-0.15, -0.1) is 0 Å². The van der Waals surface area contributed by atoms with Gasteiger partial charge in [0.15, 0.2) is 0 Å². The average molecular weight is 326 g/mol. The molecule has 1 amide bonds. The highest BCUT2D eigenvalue weighted by atomic mass is 16.6. The number of nitrogens with one attached hydrogen (secondary N) is 1. The van der Waals surface area contributed by atoms with Crippen molar-refractivity contribution in [3.8, 4) is 0 Å². The first-order valence-electron chi connectivity index (χ1n) is 7.74. The van der Waals surface area contributed by atoms with Crippen molar-refractivity contribution in [1.82, 2.24) is 5.32 Å². The predicted molar refractivity (Wildman–Crippen MR) is 88.6 cm³/mol. The first-order valence-corrected chi connectivity index (χ1v) is 7.74. The Labute approximate surface area is 139 Å². The van der Waals surface area contributed by atoms with Crippen molar-refractivity contribution in [3.63, 3.8) is 0 Å². The lowest BCUT2D eigenvalue weighted by Gasteiger charge is -2.22. The molecule has 124 valence electrons. The molecule has 1 aliphatic rings. The number of hydrogen-bond acceptors (Lipinski definition) is 4. The minimum atomic E-state index is -0.950. The van der Waals surface area contributed by atoms with Crippen LogP contribution in [0.3, 0.4) is 0 Å². The molecule has 0 fully saturated rings.